The van der Waals surface area contributed by atoms with Crippen LogP contribution in [0.15, 0.2) is 42.9 Å². The number of carbonyl (C=O) groups excluding carboxylic acids is 4. The van der Waals surface area contributed by atoms with Crippen molar-refractivity contribution in [3.05, 3.63) is 54.1 Å². The average molecular weight is 652 g/mol. The van der Waals surface area contributed by atoms with Gasteiger partial charge in [-0.2, -0.15) is 0 Å². The molecule has 2 aliphatic rings. The van der Waals surface area contributed by atoms with Crippen LogP contribution in [0.25, 0.3) is 0 Å². The third kappa shape index (κ3) is 11.7. The molecule has 1 saturated carbocycles. The van der Waals surface area contributed by atoms with Gasteiger partial charge in [0, 0.05) is 24.7 Å². The first-order valence-electron chi connectivity index (χ1n) is 17.2. The molecule has 0 spiro atoms. The second kappa shape index (κ2) is 16.8. The summed E-state index contributed by atoms with van der Waals surface area (Å²) in [5.41, 5.74) is 0.745. The van der Waals surface area contributed by atoms with E-state index in [0.29, 0.717) is 30.4 Å². The molecule has 4 rings (SSSR count). The maximum Gasteiger partial charge on any atom is 0.408 e. The molecule has 47 heavy (non-hydrogen) atoms. The van der Waals surface area contributed by atoms with Gasteiger partial charge in [-0.25, -0.2) is 9.78 Å². The zero-order valence-electron chi connectivity index (χ0n) is 28.6. The van der Waals surface area contributed by atoms with Gasteiger partial charge in [0.1, 0.15) is 23.8 Å². The van der Waals surface area contributed by atoms with Crippen molar-refractivity contribution in [3.8, 4) is 0 Å². The fraction of sp³-hybridized carbons (Fsp3) is 0.639. The topological polar surface area (TPSA) is 152 Å². The minimum atomic E-state index is -1.00. The van der Waals surface area contributed by atoms with E-state index in [2.05, 4.69) is 39.8 Å². The molecule has 1 aromatic heterocycles. The highest BCUT2D eigenvalue weighted by molar-refractivity contribution is 5.91. The summed E-state index contributed by atoms with van der Waals surface area (Å²) in [5, 5.41) is 8.82. The number of nitrogens with one attached hydrogen (secondary N) is 4. The average Bonchev–Trinajstić information content (AvgIpc) is 3.65. The molecule has 2 aromatic rings. The molecule has 1 aliphatic heterocycles. The van der Waals surface area contributed by atoms with Crippen LogP contribution in [0.2, 0.25) is 0 Å². The number of imidazole rings is 1. The Hall–Kier alpha value is -3.89. The number of H-pyrrole nitrogens is 1. The van der Waals surface area contributed by atoms with E-state index in [-0.39, 0.29) is 36.7 Å². The zero-order valence-corrected chi connectivity index (χ0v) is 28.6. The van der Waals surface area contributed by atoms with Crippen molar-refractivity contribution in [1.29, 1.82) is 0 Å². The number of carbonyl (C=O) groups is 4. The molecule has 1 aliphatic carbocycles. The first-order chi connectivity index (χ1) is 22.4. The Morgan fingerprint density at radius 2 is 1.64 bits per heavy atom. The molecule has 2 fully saturated rings. The van der Waals surface area contributed by atoms with Gasteiger partial charge in [0.05, 0.1) is 18.3 Å². The van der Waals surface area contributed by atoms with Crippen molar-refractivity contribution in [2.45, 2.75) is 129 Å². The molecule has 5 atom stereocenters. The van der Waals surface area contributed by atoms with Crippen LogP contribution in [0.1, 0.15) is 97.2 Å². The molecule has 0 radical (unpaired) electrons. The van der Waals surface area contributed by atoms with Gasteiger partial charge in [-0.1, -0.05) is 76.3 Å². The van der Waals surface area contributed by atoms with E-state index in [9.17, 15) is 19.2 Å². The van der Waals surface area contributed by atoms with Crippen LogP contribution in [-0.2, 0) is 36.7 Å². The highest BCUT2D eigenvalue weighted by atomic mass is 16.6. The van der Waals surface area contributed by atoms with Gasteiger partial charge in [-0.15, -0.1) is 0 Å². The Labute approximate surface area is 278 Å². The molecule has 2 heterocycles. The molecule has 0 bridgehead atoms. The molecule has 1 saturated heterocycles. The van der Waals surface area contributed by atoms with E-state index in [1.165, 1.54) is 12.7 Å². The van der Waals surface area contributed by atoms with Crippen molar-refractivity contribution in [2.24, 2.45) is 17.8 Å². The number of esters is 1. The molecule has 11 nitrogen and oxygen atoms in total. The zero-order chi connectivity index (χ0) is 34.0. The number of aromatic nitrogens is 2. The second-order valence-electron chi connectivity index (χ2n) is 14.6. The fourth-order valence-electron chi connectivity index (χ4n) is 6.65. The number of cyclic esters (lactones) is 1. The SMILES string of the molecule is CC(C)C[C@@H]1C[C@@H]([C@H](CC2CCCCC2)NC(=O)[C@H](Cc2cnc[nH]2)NC(=O)[C@H](Cc2ccccc2)NC(=O)OC(C)(C)C)OC1=O. The lowest BCUT2D eigenvalue weighted by Crippen LogP contribution is -2.57. The van der Waals surface area contributed by atoms with Crippen molar-refractivity contribution in [1.82, 2.24) is 25.9 Å². The highest BCUT2D eigenvalue weighted by Gasteiger charge is 2.41. The second-order valence-corrected chi connectivity index (χ2v) is 14.6. The quantitative estimate of drug-likeness (QED) is 0.210. The van der Waals surface area contributed by atoms with Crippen molar-refractivity contribution < 1.29 is 28.7 Å². The molecular formula is C36H53N5O6. The van der Waals surface area contributed by atoms with Gasteiger partial charge in [-0.3, -0.25) is 14.4 Å². The van der Waals surface area contributed by atoms with E-state index in [1.807, 2.05) is 30.3 Å². The minimum absolute atomic E-state index is 0.151. The summed E-state index contributed by atoms with van der Waals surface area (Å²) in [6.45, 7) is 9.43. The fourth-order valence-corrected chi connectivity index (χ4v) is 6.65. The number of rotatable bonds is 14. The maximum absolute atomic E-state index is 14.1. The van der Waals surface area contributed by atoms with Gasteiger partial charge < -0.3 is 30.4 Å². The van der Waals surface area contributed by atoms with Crippen molar-refractivity contribution >= 4 is 23.9 Å². The first kappa shape index (κ1) is 36.0. The van der Waals surface area contributed by atoms with Crippen LogP contribution in [0.5, 0.6) is 0 Å². The summed E-state index contributed by atoms with van der Waals surface area (Å²) >= 11 is 0. The standard InChI is InChI=1S/C36H53N5O6/c1-23(2)16-26-19-31(46-34(26)44)28(17-24-12-8-6-9-13-24)39-33(43)30(20-27-21-37-22-38-27)40-32(42)29(18-25-14-10-7-11-15-25)41-35(45)47-36(3,4)5/h7,10-11,14-15,21-24,26,28-31H,6,8-9,12-13,16-20H2,1-5H3,(H,37,38)(H,39,43)(H,40,42)(H,41,45)/t26-,28+,29+,30+,31+/m1/s1. The van der Waals surface area contributed by atoms with Gasteiger partial charge >= 0.3 is 12.1 Å². The monoisotopic (exact) mass is 651 g/mol. The van der Waals surface area contributed by atoms with Gasteiger partial charge in [-0.05, 0) is 57.4 Å². The lowest BCUT2D eigenvalue weighted by Gasteiger charge is -2.31. The van der Waals surface area contributed by atoms with E-state index >= 15 is 0 Å². The summed E-state index contributed by atoms with van der Waals surface area (Å²) in [7, 11) is 0. The van der Waals surface area contributed by atoms with Crippen LogP contribution in [0.3, 0.4) is 0 Å². The smallest absolute Gasteiger partial charge is 0.408 e. The van der Waals surface area contributed by atoms with Gasteiger partial charge in [0.15, 0.2) is 0 Å². The van der Waals surface area contributed by atoms with Crippen molar-refractivity contribution in [3.63, 3.8) is 0 Å². The maximum atomic E-state index is 14.1. The third-order valence-electron chi connectivity index (χ3n) is 8.86. The third-order valence-corrected chi connectivity index (χ3v) is 8.86. The lowest BCUT2D eigenvalue weighted by atomic mass is 9.82. The Kier molecular flexibility index (Phi) is 12.8. The number of amides is 3. The molecule has 258 valence electrons. The largest absolute Gasteiger partial charge is 0.460 e. The lowest BCUT2D eigenvalue weighted by molar-refractivity contribution is -0.146. The Morgan fingerprint density at radius 3 is 2.28 bits per heavy atom. The number of aromatic amines is 1. The van der Waals surface area contributed by atoms with E-state index in [1.54, 1.807) is 27.0 Å². The summed E-state index contributed by atoms with van der Waals surface area (Å²) in [6.07, 6.45) is 10.0. The van der Waals surface area contributed by atoms with Crippen LogP contribution >= 0.6 is 0 Å². The summed E-state index contributed by atoms with van der Waals surface area (Å²) in [6, 6.07) is 6.97. The molecule has 3 amide bonds. The summed E-state index contributed by atoms with van der Waals surface area (Å²) in [4.78, 5) is 60.8. The van der Waals surface area contributed by atoms with Crippen LogP contribution < -0.4 is 16.0 Å². The highest BCUT2D eigenvalue weighted by Crippen LogP contribution is 2.34. The Morgan fingerprint density at radius 1 is 0.957 bits per heavy atom. The number of nitrogens with zero attached hydrogens (tertiary/aromatic N) is 1. The van der Waals surface area contributed by atoms with Gasteiger partial charge in [0.2, 0.25) is 11.8 Å². The van der Waals surface area contributed by atoms with Gasteiger partial charge in [0.25, 0.3) is 0 Å². The number of hydrogen-bond acceptors (Lipinski definition) is 7. The number of hydrogen-bond donors (Lipinski definition) is 4. The predicted octanol–water partition coefficient (Wildman–Crippen LogP) is 5.01. The van der Waals surface area contributed by atoms with E-state index in [4.69, 9.17) is 9.47 Å². The van der Waals surface area contributed by atoms with E-state index < -0.39 is 35.8 Å². The molecule has 0 unspecified atom stereocenters. The minimum Gasteiger partial charge on any atom is -0.460 e. The normalized spacial score (nSPS) is 20.6. The first-order valence-corrected chi connectivity index (χ1v) is 17.2. The Bertz CT molecular complexity index is 1300. The van der Waals surface area contributed by atoms with E-state index in [0.717, 1.165) is 37.7 Å². The van der Waals surface area contributed by atoms with Crippen LogP contribution in [0, 0.1) is 17.8 Å². The summed E-state index contributed by atoms with van der Waals surface area (Å²) < 4.78 is 11.4. The van der Waals surface area contributed by atoms with Crippen molar-refractivity contribution in [2.75, 3.05) is 0 Å². The molecular weight excluding hydrogens is 598 g/mol. The Balaban J connectivity index is 1.54. The number of alkyl carbamates (subject to hydrolysis) is 1. The summed E-state index contributed by atoms with van der Waals surface area (Å²) in [5.74, 6) is -0.522. The molecule has 1 aromatic carbocycles. The van der Waals surface area contributed by atoms with Crippen LogP contribution in [-0.4, -0.2) is 63.7 Å². The van der Waals surface area contributed by atoms with Crippen LogP contribution in [0.4, 0.5) is 4.79 Å². The number of ether oxygens (including phenoxy) is 2. The molecule has 11 heteroatoms. The predicted molar refractivity (Wildman–Crippen MR) is 178 cm³/mol. The molecule has 4 N–H and O–H groups in total. The number of benzene rings is 1.